The highest BCUT2D eigenvalue weighted by Gasteiger charge is 1.97. The van der Waals surface area contributed by atoms with Gasteiger partial charge in [0.05, 0.1) is 0 Å². The van der Waals surface area contributed by atoms with Crippen molar-refractivity contribution in [2.75, 3.05) is 6.54 Å². The van der Waals surface area contributed by atoms with E-state index in [1.54, 1.807) is 0 Å². The lowest BCUT2D eigenvalue weighted by molar-refractivity contribution is -0.137. The van der Waals surface area contributed by atoms with Gasteiger partial charge >= 0.3 is 5.97 Å². The Morgan fingerprint density at radius 3 is 2.77 bits per heavy atom. The van der Waals surface area contributed by atoms with Crippen LogP contribution in [0.3, 0.4) is 0 Å². The highest BCUT2D eigenvalue weighted by Crippen LogP contribution is 1.98. The molecule has 0 heterocycles. The summed E-state index contributed by atoms with van der Waals surface area (Å²) in [6.07, 6.45) is 4.93. The average Bonchev–Trinajstić information content (AvgIpc) is 2.10. The van der Waals surface area contributed by atoms with Crippen LogP contribution in [0.4, 0.5) is 0 Å². The Kier molecular flexibility index (Phi) is 7.30. The van der Waals surface area contributed by atoms with Crippen LogP contribution >= 0.6 is 0 Å². The van der Waals surface area contributed by atoms with E-state index >= 15 is 0 Å². The number of aliphatic carboxylic acids is 1. The van der Waals surface area contributed by atoms with Gasteiger partial charge in [-0.25, -0.2) is 0 Å². The van der Waals surface area contributed by atoms with Crippen LogP contribution in [-0.2, 0) is 4.79 Å². The van der Waals surface area contributed by atoms with Crippen LogP contribution in [0.1, 0.15) is 32.6 Å². The molecule has 0 aliphatic carbocycles. The zero-order valence-corrected chi connectivity index (χ0v) is 8.25. The number of carboxylic acid groups (broad SMARTS) is 1. The van der Waals surface area contributed by atoms with Crippen molar-refractivity contribution in [3.05, 3.63) is 12.7 Å². The quantitative estimate of drug-likeness (QED) is 0.448. The Morgan fingerprint density at radius 2 is 2.23 bits per heavy atom. The Labute approximate surface area is 79.8 Å². The van der Waals surface area contributed by atoms with E-state index in [4.69, 9.17) is 5.11 Å². The van der Waals surface area contributed by atoms with E-state index < -0.39 is 5.97 Å². The van der Waals surface area contributed by atoms with E-state index in [2.05, 4.69) is 11.9 Å². The third-order valence-electron chi connectivity index (χ3n) is 1.89. The topological polar surface area (TPSA) is 49.3 Å². The smallest absolute Gasteiger partial charge is 0.303 e. The molecule has 3 nitrogen and oxygen atoms in total. The molecule has 13 heavy (non-hydrogen) atoms. The summed E-state index contributed by atoms with van der Waals surface area (Å²) in [6.45, 7) is 6.64. The molecule has 1 atom stereocenters. The lowest BCUT2D eigenvalue weighted by atomic mass is 10.2. The molecule has 0 amide bonds. The number of carbonyl (C=O) groups is 1. The highest BCUT2D eigenvalue weighted by atomic mass is 16.4. The maximum atomic E-state index is 10.2. The summed E-state index contributed by atoms with van der Waals surface area (Å²) >= 11 is 0. The number of hydrogen-bond donors (Lipinski definition) is 2. The molecule has 3 heteroatoms. The SMILES string of the molecule is C=CC(C)NCCCCCC(=O)O. The molecule has 0 aliphatic heterocycles. The first-order valence-corrected chi connectivity index (χ1v) is 4.74. The van der Waals surface area contributed by atoms with Crippen LogP contribution in [0.25, 0.3) is 0 Å². The molecule has 0 aromatic heterocycles. The van der Waals surface area contributed by atoms with Gasteiger partial charge in [0.1, 0.15) is 0 Å². The van der Waals surface area contributed by atoms with Crippen molar-refractivity contribution < 1.29 is 9.90 Å². The van der Waals surface area contributed by atoms with Crippen molar-refractivity contribution in [1.29, 1.82) is 0 Å². The van der Waals surface area contributed by atoms with Gasteiger partial charge in [0, 0.05) is 12.5 Å². The fourth-order valence-electron chi connectivity index (χ4n) is 0.991. The molecule has 1 unspecified atom stereocenters. The first-order chi connectivity index (χ1) is 6.16. The van der Waals surface area contributed by atoms with Crippen LogP contribution in [0.2, 0.25) is 0 Å². The van der Waals surface area contributed by atoms with Gasteiger partial charge in [0.15, 0.2) is 0 Å². The van der Waals surface area contributed by atoms with E-state index in [0.29, 0.717) is 6.04 Å². The minimum atomic E-state index is -0.701. The van der Waals surface area contributed by atoms with Crippen molar-refractivity contribution in [3.63, 3.8) is 0 Å². The third kappa shape index (κ3) is 9.08. The predicted octanol–water partition coefficient (Wildman–Crippen LogP) is 1.80. The number of hydrogen-bond acceptors (Lipinski definition) is 2. The largest absolute Gasteiger partial charge is 0.481 e. The first kappa shape index (κ1) is 12.2. The van der Waals surface area contributed by atoms with Gasteiger partial charge in [-0.1, -0.05) is 12.5 Å². The minimum Gasteiger partial charge on any atom is -0.481 e. The van der Waals surface area contributed by atoms with Crippen molar-refractivity contribution in [3.8, 4) is 0 Å². The second kappa shape index (κ2) is 7.80. The van der Waals surface area contributed by atoms with Crippen LogP contribution in [0.5, 0.6) is 0 Å². The molecule has 0 saturated heterocycles. The molecule has 76 valence electrons. The van der Waals surface area contributed by atoms with E-state index in [0.717, 1.165) is 25.8 Å². The lowest BCUT2D eigenvalue weighted by Gasteiger charge is -2.07. The third-order valence-corrected chi connectivity index (χ3v) is 1.89. The monoisotopic (exact) mass is 185 g/mol. The number of unbranched alkanes of at least 4 members (excludes halogenated alkanes) is 2. The molecule has 2 N–H and O–H groups in total. The molecule has 0 spiro atoms. The summed E-state index contributed by atoms with van der Waals surface area (Å²) in [5, 5.41) is 11.6. The summed E-state index contributed by atoms with van der Waals surface area (Å²) in [4.78, 5) is 10.2. The Hall–Kier alpha value is -0.830. The predicted molar refractivity (Wildman–Crippen MR) is 53.8 cm³/mol. The molecule has 0 aromatic rings. The van der Waals surface area contributed by atoms with Gasteiger partial charge in [0.2, 0.25) is 0 Å². The molecule has 0 rings (SSSR count). The number of carboxylic acids is 1. The zero-order valence-electron chi connectivity index (χ0n) is 8.25. The fraction of sp³-hybridized carbons (Fsp3) is 0.700. The Morgan fingerprint density at radius 1 is 1.54 bits per heavy atom. The Balaban J connectivity index is 3.08. The first-order valence-electron chi connectivity index (χ1n) is 4.74. The molecule has 0 saturated carbocycles. The lowest BCUT2D eigenvalue weighted by Crippen LogP contribution is -2.24. The van der Waals surface area contributed by atoms with E-state index in [9.17, 15) is 4.79 Å². The molecule has 0 fully saturated rings. The molecular formula is C10H19NO2. The van der Waals surface area contributed by atoms with Gasteiger partial charge in [-0.05, 0) is 26.3 Å². The van der Waals surface area contributed by atoms with Crippen LogP contribution in [-0.4, -0.2) is 23.7 Å². The van der Waals surface area contributed by atoms with Crippen LogP contribution in [0.15, 0.2) is 12.7 Å². The number of nitrogens with one attached hydrogen (secondary N) is 1. The second-order valence-corrected chi connectivity index (χ2v) is 3.18. The van der Waals surface area contributed by atoms with E-state index in [-0.39, 0.29) is 6.42 Å². The summed E-state index contributed by atoms with van der Waals surface area (Å²) < 4.78 is 0. The maximum Gasteiger partial charge on any atom is 0.303 e. The van der Waals surface area contributed by atoms with Gasteiger partial charge in [0.25, 0.3) is 0 Å². The standard InChI is InChI=1S/C10H19NO2/c1-3-9(2)11-8-6-4-5-7-10(12)13/h3,9,11H,1,4-8H2,2H3,(H,12,13). The normalized spacial score (nSPS) is 12.4. The second-order valence-electron chi connectivity index (χ2n) is 3.18. The molecule has 0 bridgehead atoms. The number of rotatable bonds is 8. The van der Waals surface area contributed by atoms with Crippen LogP contribution < -0.4 is 5.32 Å². The molecule has 0 aliphatic rings. The van der Waals surface area contributed by atoms with Gasteiger partial charge < -0.3 is 10.4 Å². The molecular weight excluding hydrogens is 166 g/mol. The maximum absolute atomic E-state index is 10.2. The van der Waals surface area contributed by atoms with Crippen molar-refractivity contribution in [1.82, 2.24) is 5.32 Å². The summed E-state index contributed by atoms with van der Waals surface area (Å²) in [5.74, 6) is -0.701. The van der Waals surface area contributed by atoms with Crippen molar-refractivity contribution in [2.45, 2.75) is 38.6 Å². The van der Waals surface area contributed by atoms with Crippen LogP contribution in [0, 0.1) is 0 Å². The summed E-state index contributed by atoms with van der Waals surface area (Å²) in [5.41, 5.74) is 0. The highest BCUT2D eigenvalue weighted by molar-refractivity contribution is 5.66. The average molecular weight is 185 g/mol. The zero-order chi connectivity index (χ0) is 10.1. The molecule has 0 aromatic carbocycles. The summed E-state index contributed by atoms with van der Waals surface area (Å²) in [6, 6.07) is 0.347. The summed E-state index contributed by atoms with van der Waals surface area (Å²) in [7, 11) is 0. The van der Waals surface area contributed by atoms with Gasteiger partial charge in [-0.2, -0.15) is 0 Å². The van der Waals surface area contributed by atoms with Crippen molar-refractivity contribution >= 4 is 5.97 Å². The minimum absolute atomic E-state index is 0.289. The fourth-order valence-corrected chi connectivity index (χ4v) is 0.991. The van der Waals surface area contributed by atoms with E-state index in [1.807, 2.05) is 13.0 Å². The van der Waals surface area contributed by atoms with Crippen molar-refractivity contribution in [2.24, 2.45) is 0 Å². The van der Waals surface area contributed by atoms with E-state index in [1.165, 1.54) is 0 Å². The van der Waals surface area contributed by atoms with Gasteiger partial charge in [-0.3, -0.25) is 4.79 Å². The molecule has 0 radical (unpaired) electrons. The van der Waals surface area contributed by atoms with Gasteiger partial charge in [-0.15, -0.1) is 6.58 Å². The Bertz CT molecular complexity index is 157.